The second kappa shape index (κ2) is 10.2. The van der Waals surface area contributed by atoms with Gasteiger partial charge in [0, 0.05) is 18.5 Å². The van der Waals surface area contributed by atoms with Gasteiger partial charge in [-0.25, -0.2) is 18.1 Å². The summed E-state index contributed by atoms with van der Waals surface area (Å²) >= 11 is 1.52. The van der Waals surface area contributed by atoms with Crippen molar-refractivity contribution in [2.45, 2.75) is 17.4 Å². The average molecular weight is 490 g/mol. The van der Waals surface area contributed by atoms with Gasteiger partial charge in [0.25, 0.3) is 0 Å². The van der Waals surface area contributed by atoms with Crippen LogP contribution >= 0.6 is 11.8 Å². The van der Waals surface area contributed by atoms with Crippen LogP contribution in [0, 0.1) is 0 Å². The van der Waals surface area contributed by atoms with Gasteiger partial charge in [0.05, 0.1) is 16.8 Å². The van der Waals surface area contributed by atoms with Crippen LogP contribution < -0.4 is 19.5 Å². The first kappa shape index (κ1) is 23.1. The van der Waals surface area contributed by atoms with Crippen molar-refractivity contribution in [1.82, 2.24) is 19.5 Å². The van der Waals surface area contributed by atoms with Crippen molar-refractivity contribution in [2.24, 2.45) is 0 Å². The molecule has 33 heavy (non-hydrogen) atoms. The average Bonchev–Trinajstić information content (AvgIpc) is 3.37. The SMILES string of the molecule is CSCC[C@H](NS(=O)(=O)c1ccc2c(c1)OCCO2)C(=O)Nc1ccc(-n2cccn2)nc1. The number of nitrogens with one attached hydrogen (secondary N) is 2. The van der Waals surface area contributed by atoms with E-state index in [2.05, 4.69) is 20.1 Å². The summed E-state index contributed by atoms with van der Waals surface area (Å²) < 4.78 is 41.1. The summed E-state index contributed by atoms with van der Waals surface area (Å²) in [5.74, 6) is 1.56. The molecule has 0 bridgehead atoms. The van der Waals surface area contributed by atoms with E-state index >= 15 is 0 Å². The van der Waals surface area contributed by atoms with Crippen LogP contribution in [0.15, 0.2) is 59.9 Å². The summed E-state index contributed by atoms with van der Waals surface area (Å²) in [5.41, 5.74) is 0.448. The van der Waals surface area contributed by atoms with Gasteiger partial charge in [-0.05, 0) is 48.8 Å². The minimum atomic E-state index is -3.98. The zero-order valence-electron chi connectivity index (χ0n) is 17.8. The smallest absolute Gasteiger partial charge is 0.242 e. The van der Waals surface area contributed by atoms with E-state index in [-0.39, 0.29) is 4.90 Å². The molecule has 174 valence electrons. The Morgan fingerprint density at radius 3 is 2.73 bits per heavy atom. The van der Waals surface area contributed by atoms with E-state index in [0.29, 0.717) is 48.4 Å². The molecule has 1 aromatic carbocycles. The third kappa shape index (κ3) is 5.64. The Hall–Kier alpha value is -3.09. The van der Waals surface area contributed by atoms with Crippen molar-refractivity contribution in [3.05, 3.63) is 55.0 Å². The zero-order chi connectivity index (χ0) is 23.3. The number of amides is 1. The first-order chi connectivity index (χ1) is 16.0. The second-order valence-electron chi connectivity index (χ2n) is 7.11. The predicted octanol–water partition coefficient (Wildman–Crippen LogP) is 2.08. The Balaban J connectivity index is 1.48. The molecule has 0 radical (unpaired) electrons. The summed E-state index contributed by atoms with van der Waals surface area (Å²) in [6.07, 6.45) is 7.10. The number of carbonyl (C=O) groups is 1. The molecule has 1 atom stereocenters. The van der Waals surface area contributed by atoms with Crippen LogP contribution in [0.4, 0.5) is 5.69 Å². The molecule has 0 unspecified atom stereocenters. The van der Waals surface area contributed by atoms with Crippen molar-refractivity contribution in [3.8, 4) is 17.3 Å². The van der Waals surface area contributed by atoms with E-state index < -0.39 is 22.0 Å². The van der Waals surface area contributed by atoms with Crippen molar-refractivity contribution < 1.29 is 22.7 Å². The Morgan fingerprint density at radius 2 is 2.03 bits per heavy atom. The molecule has 3 heterocycles. The minimum absolute atomic E-state index is 0.000978. The van der Waals surface area contributed by atoms with Gasteiger partial charge in [-0.1, -0.05) is 0 Å². The number of aromatic nitrogens is 3. The Bertz CT molecular complexity index is 1200. The van der Waals surface area contributed by atoms with Crippen molar-refractivity contribution in [3.63, 3.8) is 0 Å². The number of fused-ring (bicyclic) bond motifs is 1. The fourth-order valence-electron chi connectivity index (χ4n) is 3.15. The molecule has 1 aliphatic rings. The molecule has 1 amide bonds. The standard InChI is InChI=1S/C21H23N5O5S2/c1-32-12-7-17(21(27)24-15-3-6-20(22-14-15)26-9-2-8-23-26)25-33(28,29)16-4-5-18-19(13-16)31-11-10-30-18/h2-6,8-9,13-14,17,25H,7,10-12H2,1H3,(H,24,27)/t17-/m0/s1. The lowest BCUT2D eigenvalue weighted by Gasteiger charge is -2.21. The number of sulfonamides is 1. The van der Waals surface area contributed by atoms with Crippen molar-refractivity contribution in [1.29, 1.82) is 0 Å². The summed E-state index contributed by atoms with van der Waals surface area (Å²) in [7, 11) is -3.98. The van der Waals surface area contributed by atoms with Crippen LogP contribution in [0.1, 0.15) is 6.42 Å². The lowest BCUT2D eigenvalue weighted by molar-refractivity contribution is -0.117. The number of rotatable bonds is 9. The topological polar surface area (TPSA) is 124 Å². The van der Waals surface area contributed by atoms with E-state index in [4.69, 9.17) is 9.47 Å². The van der Waals surface area contributed by atoms with Crippen LogP contribution in [0.25, 0.3) is 5.82 Å². The molecular weight excluding hydrogens is 466 g/mol. The number of ether oxygens (including phenoxy) is 2. The molecule has 0 fully saturated rings. The van der Waals surface area contributed by atoms with Gasteiger partial charge in [-0.15, -0.1) is 0 Å². The largest absolute Gasteiger partial charge is 0.486 e. The summed E-state index contributed by atoms with van der Waals surface area (Å²) in [4.78, 5) is 17.2. The fourth-order valence-corrected chi connectivity index (χ4v) is 4.87. The first-order valence-corrected chi connectivity index (χ1v) is 13.0. The van der Waals surface area contributed by atoms with E-state index in [1.165, 1.54) is 30.1 Å². The lowest BCUT2D eigenvalue weighted by atomic mass is 10.2. The van der Waals surface area contributed by atoms with Crippen LogP contribution in [0.3, 0.4) is 0 Å². The van der Waals surface area contributed by atoms with Gasteiger partial charge < -0.3 is 14.8 Å². The van der Waals surface area contributed by atoms with Crippen LogP contribution in [0.2, 0.25) is 0 Å². The third-order valence-corrected chi connectivity index (χ3v) is 6.92. The molecule has 2 aromatic heterocycles. The summed E-state index contributed by atoms with van der Waals surface area (Å²) in [6.45, 7) is 0.752. The number of nitrogens with zero attached hydrogens (tertiary/aromatic N) is 3. The van der Waals surface area contributed by atoms with Gasteiger partial charge in [-0.3, -0.25) is 4.79 Å². The first-order valence-electron chi connectivity index (χ1n) is 10.1. The van der Waals surface area contributed by atoms with E-state index in [1.807, 2.05) is 6.26 Å². The highest BCUT2D eigenvalue weighted by molar-refractivity contribution is 7.98. The van der Waals surface area contributed by atoms with Crippen LogP contribution in [-0.2, 0) is 14.8 Å². The Morgan fingerprint density at radius 1 is 1.21 bits per heavy atom. The molecule has 10 nitrogen and oxygen atoms in total. The second-order valence-corrected chi connectivity index (χ2v) is 9.81. The highest BCUT2D eigenvalue weighted by atomic mass is 32.2. The number of pyridine rings is 1. The highest BCUT2D eigenvalue weighted by Crippen LogP contribution is 2.32. The van der Waals surface area contributed by atoms with E-state index in [0.717, 1.165) is 0 Å². The van der Waals surface area contributed by atoms with Gasteiger partial charge in [-0.2, -0.15) is 21.6 Å². The summed E-state index contributed by atoms with van der Waals surface area (Å²) in [5, 5.41) is 6.84. The maximum Gasteiger partial charge on any atom is 0.242 e. The van der Waals surface area contributed by atoms with E-state index in [1.54, 1.807) is 41.3 Å². The Labute approximate surface area is 195 Å². The number of thioether (sulfide) groups is 1. The molecule has 4 rings (SSSR count). The number of hydrogen-bond acceptors (Lipinski definition) is 8. The van der Waals surface area contributed by atoms with Gasteiger partial charge in [0.15, 0.2) is 17.3 Å². The molecule has 0 spiro atoms. The van der Waals surface area contributed by atoms with Crippen LogP contribution in [-0.4, -0.2) is 60.4 Å². The maximum atomic E-state index is 13.0. The molecular formula is C21H23N5O5S2. The van der Waals surface area contributed by atoms with Crippen molar-refractivity contribution >= 4 is 33.4 Å². The summed E-state index contributed by atoms with van der Waals surface area (Å²) in [6, 6.07) is 8.58. The Kier molecular flexibility index (Phi) is 7.16. The highest BCUT2D eigenvalue weighted by Gasteiger charge is 2.27. The van der Waals surface area contributed by atoms with Crippen molar-refractivity contribution in [2.75, 3.05) is 30.5 Å². The van der Waals surface area contributed by atoms with Crippen LogP contribution in [0.5, 0.6) is 11.5 Å². The molecule has 0 saturated carbocycles. The van der Waals surface area contributed by atoms with Gasteiger partial charge in [0.2, 0.25) is 15.9 Å². The molecule has 2 N–H and O–H groups in total. The quantitative estimate of drug-likeness (QED) is 0.468. The molecule has 1 aliphatic heterocycles. The normalized spacial score (nSPS) is 14.0. The molecule has 0 aliphatic carbocycles. The monoisotopic (exact) mass is 489 g/mol. The van der Waals surface area contributed by atoms with Gasteiger partial charge in [0.1, 0.15) is 19.3 Å². The fraction of sp³-hybridized carbons (Fsp3) is 0.286. The number of benzene rings is 1. The number of hydrogen-bond donors (Lipinski definition) is 2. The lowest BCUT2D eigenvalue weighted by Crippen LogP contribution is -2.44. The molecule has 12 heteroatoms. The van der Waals surface area contributed by atoms with E-state index in [9.17, 15) is 13.2 Å². The molecule has 3 aromatic rings. The minimum Gasteiger partial charge on any atom is -0.486 e. The number of carbonyl (C=O) groups excluding carboxylic acids is 1. The maximum absolute atomic E-state index is 13.0. The third-order valence-electron chi connectivity index (χ3n) is 4.80. The van der Waals surface area contributed by atoms with Gasteiger partial charge >= 0.3 is 0 Å². The zero-order valence-corrected chi connectivity index (χ0v) is 19.4. The molecule has 0 saturated heterocycles. The predicted molar refractivity (Wildman–Crippen MR) is 125 cm³/mol. The number of anilines is 1.